The van der Waals surface area contributed by atoms with Crippen LogP contribution in [0.2, 0.25) is 0 Å². The van der Waals surface area contributed by atoms with Crippen molar-refractivity contribution in [1.82, 2.24) is 8.80 Å². The number of fused-ring (bicyclic) bond motifs is 12. The number of para-hydroxylation sites is 2. The minimum absolute atomic E-state index is 0.173. The van der Waals surface area contributed by atoms with E-state index in [-0.39, 0.29) is 81.1 Å². The van der Waals surface area contributed by atoms with Crippen LogP contribution in [0.1, 0.15) is 119 Å². The van der Waals surface area contributed by atoms with E-state index in [0.717, 1.165) is 110 Å². The summed E-state index contributed by atoms with van der Waals surface area (Å²) in [6.45, 7) is 26.2. The fraction of sp³-hybridized carbons (Fsp3) is 0.229. The second kappa shape index (κ2) is 15.1. The average molecular weight is 943 g/mol. The smallest absolute Gasteiger partial charge is 0.0629 e. The number of benzene rings is 9. The monoisotopic (exact) mass is 943 g/mol. The van der Waals surface area contributed by atoms with Gasteiger partial charge in [0.2, 0.25) is 0 Å². The lowest BCUT2D eigenvalue weighted by Gasteiger charge is -2.22. The Kier molecular flexibility index (Phi) is 7.28. The third kappa shape index (κ3) is 6.40. The Labute approximate surface area is 438 Å². The van der Waals surface area contributed by atoms with E-state index >= 15 is 0 Å². The van der Waals surface area contributed by atoms with Gasteiger partial charge in [-0.15, -0.1) is 0 Å². The normalized spacial score (nSPS) is 15.2. The maximum atomic E-state index is 9.28. The number of hydrogen-bond acceptors (Lipinski definition) is 0. The van der Waals surface area contributed by atoms with Gasteiger partial charge in [0.15, 0.2) is 0 Å². The molecular formula is C70H64N2. The van der Waals surface area contributed by atoms with Crippen molar-refractivity contribution in [1.29, 1.82) is 0 Å². The van der Waals surface area contributed by atoms with Crippen molar-refractivity contribution in [2.45, 2.75) is 105 Å². The van der Waals surface area contributed by atoms with Crippen LogP contribution in [0, 0.1) is 0 Å². The molecule has 0 aliphatic heterocycles. The average Bonchev–Trinajstić information content (AvgIpc) is 2.06. The summed E-state index contributed by atoms with van der Waals surface area (Å²) in [4.78, 5) is 0. The predicted molar refractivity (Wildman–Crippen MR) is 312 cm³/mol. The van der Waals surface area contributed by atoms with Crippen LogP contribution in [0.15, 0.2) is 170 Å². The number of aromatic nitrogens is 2. The topological polar surface area (TPSA) is 8.82 Å². The van der Waals surface area contributed by atoms with Crippen molar-refractivity contribution in [2.24, 2.45) is 0 Å². The summed E-state index contributed by atoms with van der Waals surface area (Å²) in [5, 5.41) is 8.43. The van der Waals surface area contributed by atoms with E-state index < -0.39 is 12.1 Å². The van der Waals surface area contributed by atoms with Gasteiger partial charge < -0.3 is 8.80 Å². The van der Waals surface area contributed by atoms with Gasteiger partial charge >= 0.3 is 0 Å². The lowest BCUT2D eigenvalue weighted by Crippen LogP contribution is -2.12. The van der Waals surface area contributed by atoms with Gasteiger partial charge in [0, 0.05) is 43.1 Å². The molecule has 0 saturated carbocycles. The summed E-state index contributed by atoms with van der Waals surface area (Å²) in [6.07, 6.45) is 0. The molecule has 0 aliphatic carbocycles. The van der Waals surface area contributed by atoms with Gasteiger partial charge in [0.25, 0.3) is 0 Å². The highest BCUT2D eigenvalue weighted by atomic mass is 14.9. The molecule has 13 aromatic rings. The second-order valence-electron chi connectivity index (χ2n) is 24.3. The van der Waals surface area contributed by atoms with Gasteiger partial charge in [-0.1, -0.05) is 241 Å². The van der Waals surface area contributed by atoms with Crippen molar-refractivity contribution >= 4 is 76.2 Å². The standard InChI is InChI=1S/C70H64N2/c1-67(2,3)43-29-31-45(53(37-43)41-21-15-13-16-22-41)47-33-35-49-55-39-60-56(40-59(55)71-63-51(61(47)65(49)71)25-19-27-57(63)69(7,8)9)50-36-34-48(62-52-26-20-28-58(70(10,11)12)64(52)72(60)66(50)62)46-32-30-44(68(4,5)6)38-54(46)42-23-17-14-18-24-42/h13-40H,1-12H3/i13D,14D,15D,16D,17D,18D,21D,22D,23D,24D. The van der Waals surface area contributed by atoms with Gasteiger partial charge in [0.1, 0.15) is 0 Å². The SMILES string of the molecule is [2H]c1c([2H])c([2H])c(-c2cc(C(C)(C)C)ccc2-c2ccc3c4cc5c(cc4n4c6c(C(C)(C)C)cccc6c2c34)c2ccc(-c3ccc(C(C)(C)C)cc3-c3c([2H])c([2H])c([2H])c([2H])c3[2H])c3c4cccc(C(C)(C)C)c4n5c23)c([2H])c1[2H]. The first-order chi connectivity index (χ1) is 38.4. The van der Waals surface area contributed by atoms with Crippen molar-refractivity contribution in [3.05, 3.63) is 192 Å². The fourth-order valence-electron chi connectivity index (χ4n) is 12.0. The van der Waals surface area contributed by atoms with E-state index in [1.165, 1.54) is 11.1 Å². The summed E-state index contributed by atoms with van der Waals surface area (Å²) >= 11 is 0. The van der Waals surface area contributed by atoms with Crippen molar-refractivity contribution in [3.8, 4) is 44.5 Å². The summed E-state index contributed by atoms with van der Waals surface area (Å²) in [7, 11) is 0. The molecule has 354 valence electrons. The number of nitrogens with zero attached hydrogens (tertiary/aromatic N) is 2. The molecule has 0 atom stereocenters. The van der Waals surface area contributed by atoms with Crippen LogP contribution in [-0.4, -0.2) is 8.80 Å². The van der Waals surface area contributed by atoms with Gasteiger partial charge in [-0.2, -0.15) is 0 Å². The Balaban J connectivity index is 1.18. The van der Waals surface area contributed by atoms with Crippen molar-refractivity contribution in [3.63, 3.8) is 0 Å². The van der Waals surface area contributed by atoms with Gasteiger partial charge in [-0.05, 0) is 101 Å². The molecule has 0 unspecified atom stereocenters. The number of rotatable bonds is 4. The molecule has 0 radical (unpaired) electrons. The van der Waals surface area contributed by atoms with Gasteiger partial charge in [-0.25, -0.2) is 0 Å². The van der Waals surface area contributed by atoms with Crippen LogP contribution >= 0.6 is 0 Å². The van der Waals surface area contributed by atoms with Crippen LogP contribution in [-0.2, 0) is 21.7 Å². The Morgan fingerprint density at radius 2 is 0.694 bits per heavy atom. The Bertz CT molecular complexity index is 4580. The molecule has 4 heterocycles. The summed E-state index contributed by atoms with van der Waals surface area (Å²) in [5.74, 6) is 0. The zero-order valence-corrected chi connectivity index (χ0v) is 43.3. The molecule has 13 rings (SSSR count). The van der Waals surface area contributed by atoms with Gasteiger partial charge in [0.05, 0.1) is 46.8 Å². The minimum Gasteiger partial charge on any atom is -0.308 e. The molecule has 0 amide bonds. The third-order valence-corrected chi connectivity index (χ3v) is 15.5. The van der Waals surface area contributed by atoms with E-state index in [1.54, 1.807) is 0 Å². The third-order valence-electron chi connectivity index (χ3n) is 15.5. The van der Waals surface area contributed by atoms with Crippen LogP contribution in [0.5, 0.6) is 0 Å². The number of hydrogen-bond donors (Lipinski definition) is 0. The molecule has 0 bridgehead atoms. The first kappa shape index (κ1) is 34.8. The first-order valence-corrected chi connectivity index (χ1v) is 25.3. The van der Waals surface area contributed by atoms with E-state index in [2.05, 4.69) is 189 Å². The largest absolute Gasteiger partial charge is 0.308 e. The van der Waals surface area contributed by atoms with Gasteiger partial charge in [-0.3, -0.25) is 0 Å². The molecule has 9 aromatic carbocycles. The summed E-state index contributed by atoms with van der Waals surface area (Å²) in [5.41, 5.74) is 14.4. The Morgan fingerprint density at radius 1 is 0.319 bits per heavy atom. The molecular weight excluding hydrogens is 869 g/mol. The molecule has 2 heteroatoms. The molecule has 0 fully saturated rings. The lowest BCUT2D eigenvalue weighted by atomic mass is 9.82. The quantitative estimate of drug-likeness (QED) is 0.166. The van der Waals surface area contributed by atoms with Crippen LogP contribution < -0.4 is 0 Å². The second-order valence-corrected chi connectivity index (χ2v) is 24.3. The van der Waals surface area contributed by atoms with E-state index in [0.29, 0.717) is 11.1 Å². The highest BCUT2D eigenvalue weighted by Crippen LogP contribution is 2.52. The fourth-order valence-corrected chi connectivity index (χ4v) is 12.0. The maximum Gasteiger partial charge on any atom is 0.0629 e. The van der Waals surface area contributed by atoms with Crippen LogP contribution in [0.25, 0.3) is 121 Å². The highest BCUT2D eigenvalue weighted by molar-refractivity contribution is 6.32. The zero-order valence-electron chi connectivity index (χ0n) is 53.3. The molecule has 2 nitrogen and oxygen atoms in total. The predicted octanol–water partition coefficient (Wildman–Crippen LogP) is 19.8. The van der Waals surface area contributed by atoms with E-state index in [9.17, 15) is 5.48 Å². The Morgan fingerprint density at radius 3 is 1.06 bits per heavy atom. The van der Waals surface area contributed by atoms with Crippen molar-refractivity contribution in [2.75, 3.05) is 0 Å². The van der Waals surface area contributed by atoms with E-state index in [1.807, 2.05) is 12.1 Å². The lowest BCUT2D eigenvalue weighted by molar-refractivity contribution is 0.590. The molecule has 0 aliphatic rings. The van der Waals surface area contributed by atoms with Crippen LogP contribution in [0.3, 0.4) is 0 Å². The maximum absolute atomic E-state index is 9.28. The molecule has 72 heavy (non-hydrogen) atoms. The first-order valence-electron chi connectivity index (χ1n) is 30.3. The Hall–Kier alpha value is -7.42. The molecule has 0 N–H and O–H groups in total. The molecule has 0 spiro atoms. The minimum atomic E-state index is -0.425. The van der Waals surface area contributed by atoms with Crippen molar-refractivity contribution < 1.29 is 13.7 Å². The molecule has 0 saturated heterocycles. The van der Waals surface area contributed by atoms with Crippen LogP contribution in [0.4, 0.5) is 0 Å². The van der Waals surface area contributed by atoms with E-state index in [4.69, 9.17) is 8.22 Å². The highest BCUT2D eigenvalue weighted by Gasteiger charge is 2.31. The summed E-state index contributed by atoms with van der Waals surface area (Å²) < 4.78 is 94.2. The summed E-state index contributed by atoms with van der Waals surface area (Å²) in [6, 6.07) is 35.7. The molecule has 4 aromatic heterocycles. The zero-order chi connectivity index (χ0) is 58.7.